The lowest BCUT2D eigenvalue weighted by Gasteiger charge is -2.37. The first kappa shape index (κ1) is 33.4. The van der Waals surface area contributed by atoms with E-state index >= 15 is 0 Å². The summed E-state index contributed by atoms with van der Waals surface area (Å²) in [6.07, 6.45) is 4.44. The van der Waals surface area contributed by atoms with E-state index < -0.39 is 53.4 Å². The van der Waals surface area contributed by atoms with Crippen LogP contribution in [0.1, 0.15) is 43.7 Å². The second-order valence-electron chi connectivity index (χ2n) is 11.8. The highest BCUT2D eigenvalue weighted by Crippen LogP contribution is 2.58. The summed E-state index contributed by atoms with van der Waals surface area (Å²) in [7, 11) is 0. The predicted octanol–water partition coefficient (Wildman–Crippen LogP) is 3.98. The van der Waals surface area contributed by atoms with Crippen molar-refractivity contribution in [2.75, 3.05) is 31.2 Å². The van der Waals surface area contributed by atoms with Gasteiger partial charge in [-0.3, -0.25) is 19.2 Å². The average Bonchev–Trinajstić information content (AvgIpc) is 3.71. The highest BCUT2D eigenvalue weighted by molar-refractivity contribution is 6.34. The summed E-state index contributed by atoms with van der Waals surface area (Å²) >= 11 is 6.51. The maximum atomic E-state index is 14.5. The number of nitrogens with zero attached hydrogens (tertiary/aromatic N) is 2. The molecule has 46 heavy (non-hydrogen) atoms. The van der Waals surface area contributed by atoms with Crippen molar-refractivity contribution >= 4 is 41.0 Å². The van der Waals surface area contributed by atoms with Gasteiger partial charge in [-0.1, -0.05) is 66.2 Å². The van der Waals surface area contributed by atoms with E-state index in [-0.39, 0.29) is 45.1 Å². The molecule has 5 rings (SSSR count). The van der Waals surface area contributed by atoms with Crippen LogP contribution >= 0.6 is 11.6 Å². The van der Waals surface area contributed by atoms with Crippen LogP contribution in [-0.4, -0.2) is 77.7 Å². The fraction of sp³-hybridized carbons (Fsp3) is 0.429. The fourth-order valence-electron chi connectivity index (χ4n) is 7.11. The fourth-order valence-corrected chi connectivity index (χ4v) is 7.35. The van der Waals surface area contributed by atoms with Crippen LogP contribution in [-0.2, 0) is 28.7 Å². The minimum Gasteiger partial charge on any atom is -0.463 e. The van der Waals surface area contributed by atoms with Crippen molar-refractivity contribution in [1.82, 2.24) is 10.2 Å². The van der Waals surface area contributed by atoms with E-state index in [1.54, 1.807) is 36.4 Å². The lowest BCUT2D eigenvalue weighted by molar-refractivity contribution is -0.146. The number of ether oxygens (including phenoxy) is 2. The number of carbonyl (C=O) groups excluding carboxylic acids is 4. The van der Waals surface area contributed by atoms with Gasteiger partial charge in [0.1, 0.15) is 18.2 Å². The predicted molar refractivity (Wildman–Crippen MR) is 173 cm³/mol. The molecule has 3 heterocycles. The molecule has 0 unspecified atom stereocenters. The van der Waals surface area contributed by atoms with Gasteiger partial charge in [0.15, 0.2) is 0 Å². The Labute approximate surface area is 274 Å². The number of esters is 1. The van der Waals surface area contributed by atoms with Crippen LogP contribution in [0.25, 0.3) is 0 Å². The molecular formula is C35H40ClN3O7. The molecule has 3 saturated heterocycles. The van der Waals surface area contributed by atoms with Gasteiger partial charge in [0.25, 0.3) is 5.91 Å². The molecule has 3 aliphatic heterocycles. The molecule has 2 bridgehead atoms. The highest BCUT2D eigenvalue weighted by Gasteiger charge is 2.74. The summed E-state index contributed by atoms with van der Waals surface area (Å²) < 4.78 is 12.1. The van der Waals surface area contributed by atoms with E-state index in [1.807, 2.05) is 30.3 Å². The number of hydrogen-bond acceptors (Lipinski definition) is 7. The Hall–Kier alpha value is -3.99. The first-order chi connectivity index (χ1) is 22.3. The first-order valence-electron chi connectivity index (χ1n) is 15.6. The van der Waals surface area contributed by atoms with Crippen molar-refractivity contribution in [3.05, 3.63) is 90.5 Å². The molecule has 11 heteroatoms. The molecule has 3 amide bonds. The van der Waals surface area contributed by atoms with E-state index in [2.05, 4.69) is 18.5 Å². The van der Waals surface area contributed by atoms with Gasteiger partial charge in [0.05, 0.1) is 34.7 Å². The lowest BCUT2D eigenvalue weighted by Crippen LogP contribution is -2.56. The summed E-state index contributed by atoms with van der Waals surface area (Å²) in [5, 5.41) is 13.1. The molecule has 6 atom stereocenters. The van der Waals surface area contributed by atoms with Crippen LogP contribution in [0.5, 0.6) is 0 Å². The maximum Gasteiger partial charge on any atom is 0.306 e. The van der Waals surface area contributed by atoms with Crippen LogP contribution in [0.15, 0.2) is 79.9 Å². The molecule has 2 aromatic rings. The Morgan fingerprint density at radius 3 is 2.59 bits per heavy atom. The zero-order valence-corrected chi connectivity index (χ0v) is 26.4. The average molecular weight is 650 g/mol. The smallest absolute Gasteiger partial charge is 0.306 e. The number of likely N-dealkylation sites (tertiary alicyclic amines) is 1. The number of hydrogen-bond donors (Lipinski definition) is 2. The van der Waals surface area contributed by atoms with Crippen molar-refractivity contribution in [2.45, 2.75) is 55.9 Å². The number of amides is 3. The number of aliphatic hydroxyl groups excluding tert-OH is 1. The zero-order valence-electron chi connectivity index (χ0n) is 25.7. The van der Waals surface area contributed by atoms with Crippen LogP contribution in [0, 0.1) is 11.8 Å². The Morgan fingerprint density at radius 1 is 1.15 bits per heavy atom. The highest BCUT2D eigenvalue weighted by atomic mass is 35.5. The molecule has 3 aliphatic rings. The van der Waals surface area contributed by atoms with Gasteiger partial charge in [0, 0.05) is 26.1 Å². The van der Waals surface area contributed by atoms with Crippen molar-refractivity contribution in [1.29, 1.82) is 0 Å². The van der Waals surface area contributed by atoms with E-state index in [4.69, 9.17) is 21.1 Å². The normalized spacial score (nSPS) is 25.1. The number of carbonyl (C=O) groups is 4. The summed E-state index contributed by atoms with van der Waals surface area (Å²) in [4.78, 5) is 58.2. The third-order valence-electron chi connectivity index (χ3n) is 9.10. The number of para-hydroxylation sites is 1. The SMILES string of the molecule is C=CCCC(=O)OC[C@H](NC(=O)[C@@H]1[C@H]2C(=O)N(CCCO)[C@H](C(=O)N(CC=C)c3ccccc3Cl)[C@]23CC[C@H]1O3)c1ccccc1. The molecule has 2 aromatic carbocycles. The number of rotatable bonds is 15. The maximum absolute atomic E-state index is 14.5. The van der Waals surface area contributed by atoms with Crippen LogP contribution in [0.4, 0.5) is 5.69 Å². The molecule has 0 radical (unpaired) electrons. The summed E-state index contributed by atoms with van der Waals surface area (Å²) in [5.74, 6) is -3.36. The Kier molecular flexibility index (Phi) is 10.6. The minimum absolute atomic E-state index is 0.0915. The Balaban J connectivity index is 1.45. The summed E-state index contributed by atoms with van der Waals surface area (Å²) in [5.41, 5.74) is -0.0314. The Bertz CT molecular complexity index is 1470. The molecule has 0 saturated carbocycles. The Morgan fingerprint density at radius 2 is 1.89 bits per heavy atom. The van der Waals surface area contributed by atoms with Crippen molar-refractivity contribution in [3.63, 3.8) is 0 Å². The molecule has 0 aromatic heterocycles. The molecular weight excluding hydrogens is 610 g/mol. The molecule has 10 nitrogen and oxygen atoms in total. The largest absolute Gasteiger partial charge is 0.463 e. The lowest BCUT2D eigenvalue weighted by atomic mass is 9.70. The van der Waals surface area contributed by atoms with E-state index in [9.17, 15) is 24.3 Å². The van der Waals surface area contributed by atoms with Gasteiger partial charge in [0.2, 0.25) is 11.8 Å². The van der Waals surface area contributed by atoms with Gasteiger partial charge in [-0.15, -0.1) is 13.2 Å². The molecule has 3 fully saturated rings. The molecule has 0 aliphatic carbocycles. The molecule has 2 N–H and O–H groups in total. The van der Waals surface area contributed by atoms with Gasteiger partial charge in [-0.2, -0.15) is 0 Å². The van der Waals surface area contributed by atoms with Crippen molar-refractivity contribution in [3.8, 4) is 0 Å². The number of allylic oxidation sites excluding steroid dienone is 1. The van der Waals surface area contributed by atoms with Crippen LogP contribution in [0.3, 0.4) is 0 Å². The topological polar surface area (TPSA) is 125 Å². The second kappa shape index (κ2) is 14.6. The van der Waals surface area contributed by atoms with Crippen LogP contribution < -0.4 is 10.2 Å². The van der Waals surface area contributed by atoms with E-state index in [0.29, 0.717) is 30.0 Å². The zero-order chi connectivity index (χ0) is 32.8. The third-order valence-corrected chi connectivity index (χ3v) is 9.42. The second-order valence-corrected chi connectivity index (χ2v) is 12.2. The van der Waals surface area contributed by atoms with Crippen molar-refractivity contribution in [2.24, 2.45) is 11.8 Å². The monoisotopic (exact) mass is 649 g/mol. The minimum atomic E-state index is -1.24. The van der Waals surface area contributed by atoms with Crippen molar-refractivity contribution < 1.29 is 33.8 Å². The summed E-state index contributed by atoms with van der Waals surface area (Å²) in [6.45, 7) is 7.43. The number of benzene rings is 2. The van der Waals surface area contributed by atoms with Gasteiger partial charge in [-0.25, -0.2) is 0 Å². The molecule has 1 spiro atoms. The third kappa shape index (κ3) is 6.34. The number of aliphatic hydroxyl groups is 1. The van der Waals surface area contributed by atoms with Crippen LogP contribution in [0.2, 0.25) is 5.02 Å². The number of nitrogens with one attached hydrogen (secondary N) is 1. The first-order valence-corrected chi connectivity index (χ1v) is 16.0. The summed E-state index contributed by atoms with van der Waals surface area (Å²) in [6, 6.07) is 14.4. The quantitative estimate of drug-likeness (QED) is 0.221. The van der Waals surface area contributed by atoms with Gasteiger partial charge < -0.3 is 29.7 Å². The number of halogens is 1. The van der Waals surface area contributed by atoms with E-state index in [1.165, 1.54) is 9.80 Å². The van der Waals surface area contributed by atoms with Gasteiger partial charge in [-0.05, 0) is 43.4 Å². The number of fused-ring (bicyclic) bond motifs is 1. The number of anilines is 1. The van der Waals surface area contributed by atoms with Gasteiger partial charge >= 0.3 is 5.97 Å². The standard InChI is InChI=1S/C35H40ClN3O7/c1-3-5-16-28(41)45-22-25(23-12-7-6-8-13-23)37-32(42)29-27-17-18-35(46-27)30(29)33(43)39(20-11-21-40)31(35)34(44)38(19-4-2)26-15-10-9-14-24(26)36/h3-4,6-10,12-15,25,27,29-31,40H,1-2,5,11,16-22H2,(H,37,42)/t25-,27+,29-,30-,31+,35-/m0/s1. The molecule has 244 valence electrons. The van der Waals surface area contributed by atoms with E-state index in [0.717, 1.165) is 5.56 Å².